The van der Waals surface area contributed by atoms with E-state index in [0.717, 1.165) is 5.75 Å². The van der Waals surface area contributed by atoms with Crippen molar-refractivity contribution < 1.29 is 9.84 Å². The van der Waals surface area contributed by atoms with Crippen LogP contribution in [0.15, 0.2) is 29.1 Å². The molecule has 19 heavy (non-hydrogen) atoms. The number of nitrogens with one attached hydrogen (secondary N) is 1. The molecule has 6 heteroatoms. The number of benzene rings is 1. The largest absolute Gasteiger partial charge is 0.497 e. The van der Waals surface area contributed by atoms with Gasteiger partial charge in [0.2, 0.25) is 5.88 Å². The standard InChI is InChI=1S/C13H16N2O3S/c1-18-10-5-3-9(4-6-10)15-12(16)11(7-8-19-2)14-13(15)17/h3-6,16H,7-8H2,1-2H3,(H,14,17). The van der Waals surface area contributed by atoms with E-state index in [4.69, 9.17) is 4.74 Å². The molecule has 0 saturated heterocycles. The van der Waals surface area contributed by atoms with Crippen LogP contribution in [0.5, 0.6) is 11.6 Å². The summed E-state index contributed by atoms with van der Waals surface area (Å²) in [4.78, 5) is 14.6. The molecule has 1 aromatic heterocycles. The summed E-state index contributed by atoms with van der Waals surface area (Å²) in [6, 6.07) is 6.95. The van der Waals surface area contributed by atoms with E-state index in [2.05, 4.69) is 4.98 Å². The van der Waals surface area contributed by atoms with Crippen LogP contribution in [0.2, 0.25) is 0 Å². The van der Waals surface area contributed by atoms with Crippen LogP contribution in [0.1, 0.15) is 5.69 Å². The number of hydrogen-bond donors (Lipinski definition) is 2. The summed E-state index contributed by atoms with van der Waals surface area (Å²) in [5, 5.41) is 10.1. The van der Waals surface area contributed by atoms with Crippen LogP contribution in [-0.4, -0.2) is 33.8 Å². The maximum absolute atomic E-state index is 11.9. The minimum atomic E-state index is -0.334. The predicted octanol–water partition coefficient (Wildman–Crippen LogP) is 1.79. The average molecular weight is 280 g/mol. The minimum Gasteiger partial charge on any atom is -0.497 e. The Morgan fingerprint density at radius 2 is 2.05 bits per heavy atom. The van der Waals surface area contributed by atoms with Crippen molar-refractivity contribution in [2.75, 3.05) is 19.1 Å². The van der Waals surface area contributed by atoms with Gasteiger partial charge in [-0.2, -0.15) is 11.8 Å². The van der Waals surface area contributed by atoms with Crippen molar-refractivity contribution in [3.8, 4) is 17.3 Å². The second kappa shape index (κ2) is 5.88. The van der Waals surface area contributed by atoms with E-state index >= 15 is 0 Å². The molecule has 0 atom stereocenters. The van der Waals surface area contributed by atoms with E-state index in [9.17, 15) is 9.90 Å². The van der Waals surface area contributed by atoms with Crippen molar-refractivity contribution in [2.45, 2.75) is 6.42 Å². The zero-order valence-corrected chi connectivity index (χ0v) is 11.7. The third-order valence-corrected chi connectivity index (χ3v) is 3.44. The molecule has 0 aliphatic carbocycles. The molecule has 0 spiro atoms. The fourth-order valence-electron chi connectivity index (χ4n) is 1.82. The van der Waals surface area contributed by atoms with Gasteiger partial charge in [-0.15, -0.1) is 0 Å². The maximum atomic E-state index is 11.9. The van der Waals surface area contributed by atoms with Crippen LogP contribution in [0.25, 0.3) is 5.69 Å². The van der Waals surface area contributed by atoms with E-state index in [0.29, 0.717) is 23.6 Å². The van der Waals surface area contributed by atoms with Crippen molar-refractivity contribution in [3.63, 3.8) is 0 Å². The van der Waals surface area contributed by atoms with Crippen molar-refractivity contribution in [2.24, 2.45) is 0 Å². The first kappa shape index (κ1) is 13.6. The maximum Gasteiger partial charge on any atom is 0.333 e. The minimum absolute atomic E-state index is 0.0239. The normalized spacial score (nSPS) is 10.6. The lowest BCUT2D eigenvalue weighted by atomic mass is 10.3. The molecule has 5 nitrogen and oxygen atoms in total. The first-order chi connectivity index (χ1) is 9.17. The number of aromatic amines is 1. The molecule has 0 saturated carbocycles. The number of aryl methyl sites for hydroxylation is 1. The van der Waals surface area contributed by atoms with Gasteiger partial charge in [0.1, 0.15) is 5.75 Å². The molecule has 102 valence electrons. The van der Waals surface area contributed by atoms with Crippen LogP contribution in [0.4, 0.5) is 0 Å². The van der Waals surface area contributed by atoms with E-state index < -0.39 is 0 Å². The Kier molecular flexibility index (Phi) is 4.21. The number of aromatic hydroxyl groups is 1. The van der Waals surface area contributed by atoms with Gasteiger partial charge < -0.3 is 14.8 Å². The summed E-state index contributed by atoms with van der Waals surface area (Å²) < 4.78 is 6.32. The molecule has 0 aliphatic rings. The van der Waals surface area contributed by atoms with E-state index in [1.807, 2.05) is 6.26 Å². The summed E-state index contributed by atoms with van der Waals surface area (Å²) in [6.07, 6.45) is 2.61. The molecule has 0 fully saturated rings. The van der Waals surface area contributed by atoms with E-state index in [-0.39, 0.29) is 11.6 Å². The fraction of sp³-hybridized carbons (Fsp3) is 0.308. The first-order valence-corrected chi connectivity index (χ1v) is 7.23. The first-order valence-electron chi connectivity index (χ1n) is 5.83. The lowest BCUT2D eigenvalue weighted by Crippen LogP contribution is -2.14. The van der Waals surface area contributed by atoms with Gasteiger partial charge in [0.15, 0.2) is 0 Å². The monoisotopic (exact) mass is 280 g/mol. The zero-order chi connectivity index (χ0) is 13.8. The molecule has 2 N–H and O–H groups in total. The molecule has 2 aromatic rings. The molecule has 1 heterocycles. The zero-order valence-electron chi connectivity index (χ0n) is 10.8. The van der Waals surface area contributed by atoms with Crippen molar-refractivity contribution >= 4 is 11.8 Å². The number of nitrogens with zero attached hydrogens (tertiary/aromatic N) is 1. The van der Waals surface area contributed by atoms with Crippen LogP contribution in [0.3, 0.4) is 0 Å². The molecule has 1 aromatic carbocycles. The van der Waals surface area contributed by atoms with Gasteiger partial charge in [-0.05, 0) is 36.3 Å². The van der Waals surface area contributed by atoms with E-state index in [1.165, 1.54) is 4.57 Å². The highest BCUT2D eigenvalue weighted by atomic mass is 32.2. The third kappa shape index (κ3) is 2.78. The van der Waals surface area contributed by atoms with Crippen LogP contribution >= 0.6 is 11.8 Å². The third-order valence-electron chi connectivity index (χ3n) is 2.83. The quantitative estimate of drug-likeness (QED) is 0.876. The summed E-state index contributed by atoms with van der Waals surface area (Å²) in [5.74, 6) is 1.52. The smallest absolute Gasteiger partial charge is 0.333 e. The Bertz CT molecular complexity index is 601. The number of ether oxygens (including phenoxy) is 1. The molecule has 0 aliphatic heterocycles. The number of imidazole rings is 1. The highest BCUT2D eigenvalue weighted by Crippen LogP contribution is 2.21. The van der Waals surface area contributed by atoms with Gasteiger partial charge in [-0.25, -0.2) is 9.36 Å². The van der Waals surface area contributed by atoms with Gasteiger partial charge >= 0.3 is 5.69 Å². The predicted molar refractivity (Wildman–Crippen MR) is 76.7 cm³/mol. The molecular formula is C13H16N2O3S. The Hall–Kier alpha value is -1.82. The van der Waals surface area contributed by atoms with E-state index in [1.54, 1.807) is 43.1 Å². The average Bonchev–Trinajstić information content (AvgIpc) is 2.71. The van der Waals surface area contributed by atoms with Crippen LogP contribution in [0, 0.1) is 0 Å². The number of thioether (sulfide) groups is 1. The Morgan fingerprint density at radius 1 is 1.37 bits per heavy atom. The van der Waals surface area contributed by atoms with Crippen molar-refractivity contribution in [3.05, 3.63) is 40.4 Å². The molecular weight excluding hydrogens is 264 g/mol. The summed E-state index contributed by atoms with van der Waals surface area (Å²) >= 11 is 1.66. The second-order valence-electron chi connectivity index (χ2n) is 4.01. The number of H-pyrrole nitrogens is 1. The Morgan fingerprint density at radius 3 is 2.63 bits per heavy atom. The topological polar surface area (TPSA) is 67.2 Å². The lowest BCUT2D eigenvalue weighted by Gasteiger charge is -2.05. The fourth-order valence-corrected chi connectivity index (χ4v) is 2.23. The molecule has 0 bridgehead atoms. The van der Waals surface area contributed by atoms with Gasteiger partial charge in [0.05, 0.1) is 18.5 Å². The lowest BCUT2D eigenvalue weighted by molar-refractivity contribution is 0.414. The molecule has 0 unspecified atom stereocenters. The van der Waals surface area contributed by atoms with Crippen molar-refractivity contribution in [1.29, 1.82) is 0 Å². The summed E-state index contributed by atoms with van der Waals surface area (Å²) in [5.41, 5.74) is 0.837. The number of rotatable bonds is 5. The number of hydrogen-bond acceptors (Lipinski definition) is 4. The highest BCUT2D eigenvalue weighted by molar-refractivity contribution is 7.98. The second-order valence-corrected chi connectivity index (χ2v) is 4.99. The van der Waals surface area contributed by atoms with Crippen LogP contribution < -0.4 is 10.4 Å². The summed E-state index contributed by atoms with van der Waals surface area (Å²) in [7, 11) is 1.58. The SMILES string of the molecule is COc1ccc(-n2c(O)c(CCSC)[nH]c2=O)cc1. The summed E-state index contributed by atoms with van der Waals surface area (Å²) in [6.45, 7) is 0. The molecule has 2 rings (SSSR count). The van der Waals surface area contributed by atoms with Crippen molar-refractivity contribution in [1.82, 2.24) is 9.55 Å². The van der Waals surface area contributed by atoms with Crippen LogP contribution in [-0.2, 0) is 6.42 Å². The Labute approximate surface area is 115 Å². The highest BCUT2D eigenvalue weighted by Gasteiger charge is 2.14. The number of methoxy groups -OCH3 is 1. The van der Waals surface area contributed by atoms with Gasteiger partial charge in [0, 0.05) is 6.42 Å². The Balaban J connectivity index is 2.38. The van der Waals surface area contributed by atoms with Gasteiger partial charge in [-0.3, -0.25) is 0 Å². The molecule has 0 radical (unpaired) electrons. The number of aromatic nitrogens is 2. The van der Waals surface area contributed by atoms with Gasteiger partial charge in [-0.1, -0.05) is 0 Å². The van der Waals surface area contributed by atoms with Gasteiger partial charge in [0.25, 0.3) is 0 Å². The molecule has 0 amide bonds.